The maximum Gasteiger partial charge on any atom is 0.306 e. The van der Waals surface area contributed by atoms with Crippen LogP contribution in [0.3, 0.4) is 0 Å². The van der Waals surface area contributed by atoms with Gasteiger partial charge in [0.15, 0.2) is 12.4 Å². The summed E-state index contributed by atoms with van der Waals surface area (Å²) < 4.78 is 18.1. The Morgan fingerprint density at radius 1 is 0.897 bits per heavy atom. The van der Waals surface area contributed by atoms with E-state index < -0.39 is 30.2 Å². The predicted molar refractivity (Wildman–Crippen MR) is 104 cm³/mol. The Hall–Kier alpha value is -3.55. The molecule has 0 heterocycles. The van der Waals surface area contributed by atoms with Crippen LogP contribution in [-0.4, -0.2) is 36.7 Å². The molecule has 0 bridgehead atoms. The number of halogens is 1. The Morgan fingerprint density at radius 3 is 2.17 bits per heavy atom. The van der Waals surface area contributed by atoms with E-state index in [1.165, 1.54) is 29.2 Å². The standard InChI is InChI=1S/C21H21FN2O5/c22-16-6-8-17(9-7-16)24(13-12-19(23)26)20(27)14-29-21(28)11-10-18(25)15-4-2-1-3-5-15/h1-9H,10-14H2,(H2,23,26). The van der Waals surface area contributed by atoms with Crippen molar-refractivity contribution in [1.29, 1.82) is 0 Å². The zero-order valence-electron chi connectivity index (χ0n) is 15.7. The molecule has 0 saturated heterocycles. The fraction of sp³-hybridized carbons (Fsp3) is 0.238. The molecule has 0 saturated carbocycles. The van der Waals surface area contributed by atoms with Gasteiger partial charge in [0.2, 0.25) is 5.91 Å². The minimum atomic E-state index is -0.698. The monoisotopic (exact) mass is 400 g/mol. The number of rotatable bonds is 10. The molecule has 152 valence electrons. The van der Waals surface area contributed by atoms with Crippen molar-refractivity contribution in [3.8, 4) is 0 Å². The van der Waals surface area contributed by atoms with Crippen molar-refractivity contribution < 1.29 is 28.3 Å². The summed E-state index contributed by atoms with van der Waals surface area (Å²) in [6, 6.07) is 13.6. The molecular weight excluding hydrogens is 379 g/mol. The predicted octanol–water partition coefficient (Wildman–Crippen LogP) is 2.24. The van der Waals surface area contributed by atoms with Crippen molar-refractivity contribution in [3.63, 3.8) is 0 Å². The SMILES string of the molecule is NC(=O)CCN(C(=O)COC(=O)CCC(=O)c1ccccc1)c1ccc(F)cc1. The number of Topliss-reactive ketones (excluding diaryl/α,β-unsaturated/α-hetero) is 1. The van der Waals surface area contributed by atoms with Crippen LogP contribution in [0, 0.1) is 5.82 Å². The first-order chi connectivity index (χ1) is 13.9. The van der Waals surface area contributed by atoms with E-state index >= 15 is 0 Å². The number of nitrogens with zero attached hydrogens (tertiary/aromatic N) is 1. The smallest absolute Gasteiger partial charge is 0.306 e. The lowest BCUT2D eigenvalue weighted by Gasteiger charge is -2.22. The molecule has 0 aliphatic rings. The third-order valence-corrected chi connectivity index (χ3v) is 4.03. The Bertz CT molecular complexity index is 868. The molecule has 0 unspecified atom stereocenters. The number of hydrogen-bond donors (Lipinski definition) is 1. The van der Waals surface area contributed by atoms with E-state index in [1.54, 1.807) is 30.3 Å². The van der Waals surface area contributed by atoms with Crippen LogP contribution in [0.5, 0.6) is 0 Å². The highest BCUT2D eigenvalue weighted by Gasteiger charge is 2.19. The quantitative estimate of drug-likeness (QED) is 0.486. The summed E-state index contributed by atoms with van der Waals surface area (Å²) in [7, 11) is 0. The van der Waals surface area contributed by atoms with Crippen molar-refractivity contribution in [2.24, 2.45) is 5.73 Å². The first-order valence-electron chi connectivity index (χ1n) is 8.95. The maximum atomic E-state index is 13.1. The van der Waals surface area contributed by atoms with Gasteiger partial charge in [0.1, 0.15) is 5.82 Å². The minimum absolute atomic E-state index is 0.0379. The topological polar surface area (TPSA) is 107 Å². The van der Waals surface area contributed by atoms with Crippen LogP contribution in [-0.2, 0) is 19.1 Å². The summed E-state index contributed by atoms with van der Waals surface area (Å²) in [6.45, 7) is -0.613. The summed E-state index contributed by atoms with van der Waals surface area (Å²) in [5, 5.41) is 0. The molecule has 2 amide bonds. The molecule has 0 aliphatic heterocycles. The molecule has 0 fully saturated rings. The number of nitrogens with two attached hydrogens (primary N) is 1. The number of benzene rings is 2. The highest BCUT2D eigenvalue weighted by molar-refractivity contribution is 5.98. The number of hydrogen-bond acceptors (Lipinski definition) is 5. The van der Waals surface area contributed by atoms with Gasteiger partial charge in [-0.1, -0.05) is 30.3 Å². The summed E-state index contributed by atoms with van der Waals surface area (Å²) in [4.78, 5) is 48.6. The lowest BCUT2D eigenvalue weighted by atomic mass is 10.1. The average Bonchev–Trinajstić information content (AvgIpc) is 2.72. The molecular formula is C21H21FN2O5. The zero-order valence-corrected chi connectivity index (χ0v) is 15.7. The van der Waals surface area contributed by atoms with Gasteiger partial charge in [-0.25, -0.2) is 4.39 Å². The van der Waals surface area contributed by atoms with Gasteiger partial charge in [-0.3, -0.25) is 19.2 Å². The zero-order chi connectivity index (χ0) is 21.2. The van der Waals surface area contributed by atoms with Crippen molar-refractivity contribution in [1.82, 2.24) is 0 Å². The number of amides is 2. The van der Waals surface area contributed by atoms with E-state index in [4.69, 9.17) is 10.5 Å². The van der Waals surface area contributed by atoms with Gasteiger partial charge in [0.25, 0.3) is 5.91 Å². The van der Waals surface area contributed by atoms with Gasteiger partial charge in [0, 0.05) is 30.6 Å². The molecule has 0 aliphatic carbocycles. The molecule has 2 N–H and O–H groups in total. The van der Waals surface area contributed by atoms with Crippen LogP contribution in [0.2, 0.25) is 0 Å². The molecule has 0 spiro atoms. The van der Waals surface area contributed by atoms with Crippen molar-refractivity contribution in [2.75, 3.05) is 18.1 Å². The van der Waals surface area contributed by atoms with Crippen molar-refractivity contribution in [3.05, 3.63) is 66.0 Å². The normalized spacial score (nSPS) is 10.2. The summed E-state index contributed by atoms with van der Waals surface area (Å²) in [6.07, 6.45) is -0.318. The van der Waals surface area contributed by atoms with Gasteiger partial charge < -0.3 is 15.4 Å². The molecule has 0 aromatic heterocycles. The second-order valence-corrected chi connectivity index (χ2v) is 6.19. The number of carbonyl (C=O) groups is 4. The summed E-state index contributed by atoms with van der Waals surface area (Å²) in [5.41, 5.74) is 5.96. The van der Waals surface area contributed by atoms with Gasteiger partial charge >= 0.3 is 5.97 Å². The second kappa shape index (κ2) is 10.7. The van der Waals surface area contributed by atoms with E-state index in [0.29, 0.717) is 11.3 Å². The molecule has 2 aromatic carbocycles. The third kappa shape index (κ3) is 7.17. The van der Waals surface area contributed by atoms with Gasteiger partial charge in [0.05, 0.1) is 6.42 Å². The lowest BCUT2D eigenvalue weighted by molar-refractivity contribution is -0.147. The van der Waals surface area contributed by atoms with Crippen LogP contribution < -0.4 is 10.6 Å². The fourth-order valence-electron chi connectivity index (χ4n) is 2.52. The van der Waals surface area contributed by atoms with Crippen molar-refractivity contribution >= 4 is 29.3 Å². The Labute approximate surface area is 167 Å². The van der Waals surface area contributed by atoms with Gasteiger partial charge in [-0.15, -0.1) is 0 Å². The molecule has 7 nitrogen and oxygen atoms in total. The van der Waals surface area contributed by atoms with E-state index in [2.05, 4.69) is 0 Å². The molecule has 29 heavy (non-hydrogen) atoms. The summed E-state index contributed by atoms with van der Waals surface area (Å²) in [5.74, 6) is -2.59. The highest BCUT2D eigenvalue weighted by Crippen LogP contribution is 2.16. The number of carbonyl (C=O) groups excluding carboxylic acids is 4. The first-order valence-corrected chi connectivity index (χ1v) is 8.95. The fourth-order valence-corrected chi connectivity index (χ4v) is 2.52. The second-order valence-electron chi connectivity index (χ2n) is 6.19. The maximum absolute atomic E-state index is 13.1. The Morgan fingerprint density at radius 2 is 1.55 bits per heavy atom. The van der Waals surface area contributed by atoms with E-state index in [1.807, 2.05) is 0 Å². The first kappa shape index (κ1) is 21.7. The number of ketones is 1. The number of ether oxygens (including phenoxy) is 1. The largest absolute Gasteiger partial charge is 0.456 e. The van der Waals surface area contributed by atoms with Crippen LogP contribution in [0.4, 0.5) is 10.1 Å². The minimum Gasteiger partial charge on any atom is -0.456 e. The molecule has 2 rings (SSSR count). The lowest BCUT2D eigenvalue weighted by Crippen LogP contribution is -2.37. The molecule has 2 aromatic rings. The van der Waals surface area contributed by atoms with Crippen LogP contribution >= 0.6 is 0 Å². The molecule has 8 heteroatoms. The number of anilines is 1. The van der Waals surface area contributed by atoms with Crippen LogP contribution in [0.15, 0.2) is 54.6 Å². The van der Waals surface area contributed by atoms with E-state index in [9.17, 15) is 23.6 Å². The third-order valence-electron chi connectivity index (χ3n) is 4.03. The number of primary amides is 1. The number of esters is 1. The van der Waals surface area contributed by atoms with E-state index in [0.717, 1.165) is 0 Å². The van der Waals surface area contributed by atoms with Gasteiger partial charge in [-0.05, 0) is 24.3 Å². The molecule has 0 atom stereocenters. The highest BCUT2D eigenvalue weighted by atomic mass is 19.1. The van der Waals surface area contributed by atoms with Crippen LogP contribution in [0.25, 0.3) is 0 Å². The van der Waals surface area contributed by atoms with Gasteiger partial charge in [-0.2, -0.15) is 0 Å². The summed E-state index contributed by atoms with van der Waals surface area (Å²) >= 11 is 0. The molecule has 0 radical (unpaired) electrons. The Kier molecular flexibility index (Phi) is 8.02. The van der Waals surface area contributed by atoms with E-state index in [-0.39, 0.29) is 31.6 Å². The van der Waals surface area contributed by atoms with Crippen LogP contribution in [0.1, 0.15) is 29.6 Å². The Balaban J connectivity index is 1.89. The van der Waals surface area contributed by atoms with Crippen molar-refractivity contribution in [2.45, 2.75) is 19.3 Å². The average molecular weight is 400 g/mol.